The number of esters is 1. The van der Waals surface area contributed by atoms with Crippen LogP contribution in [-0.4, -0.2) is 29.6 Å². The molecule has 1 unspecified atom stereocenters. The molecule has 0 amide bonds. The Hall–Kier alpha value is -3.68. The minimum atomic E-state index is -0.824. The Kier molecular flexibility index (Phi) is 6.79. The van der Waals surface area contributed by atoms with Gasteiger partial charge in [-0.1, -0.05) is 5.16 Å². The normalized spacial score (nSPS) is 11.5. The molecule has 0 radical (unpaired) electrons. The van der Waals surface area contributed by atoms with Gasteiger partial charge in [-0.05, 0) is 69.3 Å². The van der Waals surface area contributed by atoms with Crippen molar-refractivity contribution in [1.29, 1.82) is 0 Å². The van der Waals surface area contributed by atoms with Crippen LogP contribution < -0.4 is 9.47 Å². The predicted octanol–water partition coefficient (Wildman–Crippen LogP) is 4.85. The first-order valence-corrected chi connectivity index (χ1v) is 9.21. The molecule has 0 bridgehead atoms. The summed E-state index contributed by atoms with van der Waals surface area (Å²) in [4.78, 5) is 21.1. The average Bonchev–Trinajstić information content (AvgIpc) is 2.72. The molecule has 0 N–H and O–H groups in total. The molecular formula is C22H21FN2O5. The molecule has 8 heteroatoms. The van der Waals surface area contributed by atoms with Gasteiger partial charge in [-0.3, -0.25) is 0 Å². The molecule has 0 saturated carbocycles. The lowest BCUT2D eigenvalue weighted by Crippen LogP contribution is -2.26. The minimum Gasteiger partial charge on any atom is -0.479 e. The maximum absolute atomic E-state index is 13.3. The molecule has 156 valence electrons. The number of benzene rings is 2. The molecule has 0 fully saturated rings. The Morgan fingerprint density at radius 1 is 1.07 bits per heavy atom. The number of fused-ring (bicyclic) bond motifs is 1. The summed E-state index contributed by atoms with van der Waals surface area (Å²) < 4.78 is 29.5. The maximum atomic E-state index is 13.3. The zero-order valence-electron chi connectivity index (χ0n) is 16.8. The Morgan fingerprint density at radius 3 is 2.53 bits per heavy atom. The zero-order valence-corrected chi connectivity index (χ0v) is 16.8. The van der Waals surface area contributed by atoms with E-state index in [1.165, 1.54) is 12.1 Å². The van der Waals surface area contributed by atoms with Gasteiger partial charge in [-0.2, -0.15) is 0 Å². The number of hydrogen-bond acceptors (Lipinski definition) is 7. The third-order valence-corrected chi connectivity index (χ3v) is 3.82. The lowest BCUT2D eigenvalue weighted by atomic mass is 10.2. The molecule has 30 heavy (non-hydrogen) atoms. The van der Waals surface area contributed by atoms with Gasteiger partial charge >= 0.3 is 5.97 Å². The van der Waals surface area contributed by atoms with E-state index in [0.29, 0.717) is 34.0 Å². The van der Waals surface area contributed by atoms with Crippen molar-refractivity contribution in [2.75, 3.05) is 6.79 Å². The number of carbonyl (C=O) groups is 1. The Balaban J connectivity index is 1.55. The van der Waals surface area contributed by atoms with Gasteiger partial charge in [0, 0.05) is 11.5 Å². The van der Waals surface area contributed by atoms with Crippen LogP contribution in [0.25, 0.3) is 10.9 Å². The number of aromatic nitrogens is 1. The monoisotopic (exact) mass is 412 g/mol. The van der Waals surface area contributed by atoms with Crippen LogP contribution in [0, 0.1) is 5.82 Å². The first kappa shape index (κ1) is 21.0. The smallest absolute Gasteiger partial charge is 0.349 e. The van der Waals surface area contributed by atoms with E-state index >= 15 is 0 Å². The summed E-state index contributed by atoms with van der Waals surface area (Å²) in [7, 11) is 0. The second-order valence-electron chi connectivity index (χ2n) is 6.57. The van der Waals surface area contributed by atoms with Crippen LogP contribution in [0.15, 0.2) is 59.8 Å². The molecule has 3 rings (SSSR count). The lowest BCUT2D eigenvalue weighted by molar-refractivity contribution is -0.163. The number of carbonyl (C=O) groups excluding carboxylic acids is 1. The van der Waals surface area contributed by atoms with Gasteiger partial charge in [0.15, 0.2) is 6.10 Å². The van der Waals surface area contributed by atoms with Crippen molar-refractivity contribution in [3.8, 4) is 17.4 Å². The highest BCUT2D eigenvalue weighted by atomic mass is 19.1. The van der Waals surface area contributed by atoms with Crippen molar-refractivity contribution < 1.29 is 28.2 Å². The van der Waals surface area contributed by atoms with Crippen molar-refractivity contribution in [2.24, 2.45) is 5.16 Å². The first-order valence-electron chi connectivity index (χ1n) is 9.21. The fraction of sp³-hybridized carbons (Fsp3) is 0.227. The first-order chi connectivity index (χ1) is 14.4. The van der Waals surface area contributed by atoms with Crippen LogP contribution >= 0.6 is 0 Å². The van der Waals surface area contributed by atoms with E-state index < -0.39 is 12.1 Å². The summed E-state index contributed by atoms with van der Waals surface area (Å²) in [5.74, 6) is 0.495. The minimum absolute atomic E-state index is 0.282. The molecular weight excluding hydrogens is 391 g/mol. The fourth-order valence-electron chi connectivity index (χ4n) is 2.45. The topological polar surface area (TPSA) is 79.2 Å². The third kappa shape index (κ3) is 5.91. The molecule has 7 nitrogen and oxygen atoms in total. The van der Waals surface area contributed by atoms with Crippen molar-refractivity contribution >= 4 is 22.6 Å². The summed E-state index contributed by atoms with van der Waals surface area (Å²) in [5.41, 5.74) is 1.34. The zero-order chi connectivity index (χ0) is 21.5. The highest BCUT2D eigenvalue weighted by Crippen LogP contribution is 2.25. The standard InChI is InChI=1S/C22H21FN2O5/c1-14(2)25-28-13-27-22(26)15(3)29-18-6-8-19(9-7-18)30-21-11-4-16-12-17(23)5-10-20(16)24-21/h4-12,15H,13H2,1-3H3. The fourth-order valence-corrected chi connectivity index (χ4v) is 2.45. The predicted molar refractivity (Wildman–Crippen MR) is 109 cm³/mol. The number of oxime groups is 1. The molecule has 0 saturated heterocycles. The number of ether oxygens (including phenoxy) is 3. The van der Waals surface area contributed by atoms with Crippen LogP contribution in [-0.2, 0) is 14.4 Å². The van der Waals surface area contributed by atoms with Crippen LogP contribution in [0.2, 0.25) is 0 Å². The van der Waals surface area contributed by atoms with Crippen LogP contribution in [0.5, 0.6) is 17.4 Å². The third-order valence-electron chi connectivity index (χ3n) is 3.82. The molecule has 1 atom stereocenters. The van der Waals surface area contributed by atoms with Gasteiger partial charge in [0.2, 0.25) is 5.88 Å². The molecule has 0 spiro atoms. The second-order valence-corrected chi connectivity index (χ2v) is 6.57. The molecule has 1 heterocycles. The van der Waals surface area contributed by atoms with Gasteiger partial charge < -0.3 is 19.0 Å². The number of pyridine rings is 1. The van der Waals surface area contributed by atoms with E-state index in [0.717, 1.165) is 0 Å². The highest BCUT2D eigenvalue weighted by molar-refractivity contribution is 5.79. The number of halogens is 1. The average molecular weight is 412 g/mol. The molecule has 1 aromatic heterocycles. The van der Waals surface area contributed by atoms with Gasteiger partial charge in [0.25, 0.3) is 6.79 Å². The Labute approximate surface area is 173 Å². The number of hydrogen-bond donors (Lipinski definition) is 0. The van der Waals surface area contributed by atoms with Crippen molar-refractivity contribution in [3.63, 3.8) is 0 Å². The van der Waals surface area contributed by atoms with Gasteiger partial charge in [0.05, 0.1) is 11.2 Å². The van der Waals surface area contributed by atoms with Crippen LogP contribution in [0.3, 0.4) is 0 Å². The highest BCUT2D eigenvalue weighted by Gasteiger charge is 2.16. The maximum Gasteiger partial charge on any atom is 0.349 e. The van der Waals surface area contributed by atoms with E-state index in [1.807, 2.05) is 0 Å². The van der Waals surface area contributed by atoms with Crippen molar-refractivity contribution in [1.82, 2.24) is 4.98 Å². The van der Waals surface area contributed by atoms with Crippen LogP contribution in [0.1, 0.15) is 20.8 Å². The Morgan fingerprint density at radius 2 is 1.80 bits per heavy atom. The van der Waals surface area contributed by atoms with E-state index in [4.69, 9.17) is 19.0 Å². The molecule has 0 aliphatic carbocycles. The summed E-state index contributed by atoms with van der Waals surface area (Å²) >= 11 is 0. The van der Waals surface area contributed by atoms with Crippen LogP contribution in [0.4, 0.5) is 4.39 Å². The summed E-state index contributed by atoms with van der Waals surface area (Å²) in [6.07, 6.45) is -0.824. The lowest BCUT2D eigenvalue weighted by Gasteiger charge is -2.14. The van der Waals surface area contributed by atoms with E-state index in [-0.39, 0.29) is 12.6 Å². The SMILES string of the molecule is CC(C)=NOCOC(=O)C(C)Oc1ccc(Oc2ccc3cc(F)ccc3n2)cc1. The van der Waals surface area contributed by atoms with Gasteiger partial charge in [0.1, 0.15) is 17.3 Å². The van der Waals surface area contributed by atoms with Crippen molar-refractivity contribution in [2.45, 2.75) is 26.9 Å². The largest absolute Gasteiger partial charge is 0.479 e. The molecule has 0 aliphatic heterocycles. The molecule has 0 aliphatic rings. The second kappa shape index (κ2) is 9.69. The van der Waals surface area contributed by atoms with Crippen molar-refractivity contribution in [3.05, 3.63) is 60.4 Å². The summed E-state index contributed by atoms with van der Waals surface area (Å²) in [6, 6.07) is 14.5. The summed E-state index contributed by atoms with van der Waals surface area (Å²) in [6.45, 7) is 4.81. The Bertz CT molecular complexity index is 1050. The molecule has 2 aromatic carbocycles. The number of rotatable bonds is 8. The van der Waals surface area contributed by atoms with E-state index in [9.17, 15) is 9.18 Å². The van der Waals surface area contributed by atoms with Gasteiger partial charge in [-0.15, -0.1) is 0 Å². The van der Waals surface area contributed by atoms with E-state index in [2.05, 4.69) is 10.1 Å². The van der Waals surface area contributed by atoms with E-state index in [1.54, 1.807) is 63.2 Å². The quantitative estimate of drug-likeness (QED) is 0.173. The summed E-state index contributed by atoms with van der Waals surface area (Å²) in [5, 5.41) is 4.36. The van der Waals surface area contributed by atoms with Gasteiger partial charge in [-0.25, -0.2) is 14.2 Å². The molecule has 3 aromatic rings. The number of nitrogens with zero attached hydrogens (tertiary/aromatic N) is 2.